The molecule has 1 amide bonds. The van der Waals surface area contributed by atoms with E-state index in [0.717, 1.165) is 22.5 Å². The molecule has 0 saturated carbocycles. The van der Waals surface area contributed by atoms with Crippen molar-refractivity contribution in [3.8, 4) is 5.69 Å². The molecule has 4 heteroatoms. The topological polar surface area (TPSA) is 46.9 Å². The summed E-state index contributed by atoms with van der Waals surface area (Å²) in [6.07, 6.45) is 0. The summed E-state index contributed by atoms with van der Waals surface area (Å²) in [5, 5.41) is 7.97. The molecule has 0 aliphatic carbocycles. The van der Waals surface area contributed by atoms with Crippen LogP contribution in [0.2, 0.25) is 0 Å². The zero-order chi connectivity index (χ0) is 21.8. The van der Waals surface area contributed by atoms with Crippen molar-refractivity contribution in [1.29, 1.82) is 0 Å². The number of nitrogens with one attached hydrogen (secondary N) is 1. The molecule has 156 valence electrons. The monoisotopic (exact) mass is 409 g/mol. The predicted octanol–water partition coefficient (Wildman–Crippen LogP) is 5.94. The first-order valence-electron chi connectivity index (χ1n) is 10.5. The third kappa shape index (κ3) is 4.58. The van der Waals surface area contributed by atoms with Gasteiger partial charge in [-0.1, -0.05) is 99.6 Å². The van der Waals surface area contributed by atoms with E-state index >= 15 is 0 Å². The lowest BCUT2D eigenvalue weighted by molar-refractivity contribution is -0.116. The molecule has 1 heterocycles. The van der Waals surface area contributed by atoms with Gasteiger partial charge < -0.3 is 5.32 Å². The Morgan fingerprint density at radius 3 is 1.77 bits per heavy atom. The van der Waals surface area contributed by atoms with Crippen LogP contribution in [-0.2, 0) is 10.2 Å². The van der Waals surface area contributed by atoms with Crippen molar-refractivity contribution in [1.82, 2.24) is 9.78 Å². The van der Waals surface area contributed by atoms with E-state index in [1.54, 1.807) is 0 Å². The SMILES string of the molecule is CC(C)(C)c1cc(NC(=O)C(c2ccccc2)c2ccccc2)n(-c2ccccc2)n1. The van der Waals surface area contributed by atoms with Gasteiger partial charge in [-0.05, 0) is 23.3 Å². The van der Waals surface area contributed by atoms with E-state index in [9.17, 15) is 4.79 Å². The molecule has 0 bridgehead atoms. The van der Waals surface area contributed by atoms with Gasteiger partial charge in [0, 0.05) is 11.5 Å². The molecular weight excluding hydrogens is 382 g/mol. The van der Waals surface area contributed by atoms with E-state index in [1.807, 2.05) is 102 Å². The van der Waals surface area contributed by atoms with Crippen LogP contribution in [0.3, 0.4) is 0 Å². The predicted molar refractivity (Wildman–Crippen MR) is 126 cm³/mol. The van der Waals surface area contributed by atoms with Gasteiger partial charge in [-0.3, -0.25) is 4.79 Å². The number of hydrogen-bond acceptors (Lipinski definition) is 2. The molecule has 0 unspecified atom stereocenters. The van der Waals surface area contributed by atoms with E-state index in [1.165, 1.54) is 0 Å². The van der Waals surface area contributed by atoms with Crippen LogP contribution in [-0.4, -0.2) is 15.7 Å². The Balaban J connectivity index is 1.75. The lowest BCUT2D eigenvalue weighted by atomic mass is 9.90. The highest BCUT2D eigenvalue weighted by Crippen LogP contribution is 2.29. The average molecular weight is 410 g/mol. The maximum absolute atomic E-state index is 13.6. The molecule has 0 atom stereocenters. The molecule has 1 N–H and O–H groups in total. The molecule has 3 aromatic carbocycles. The Bertz CT molecular complexity index is 1100. The maximum Gasteiger partial charge on any atom is 0.237 e. The molecule has 0 fully saturated rings. The van der Waals surface area contributed by atoms with Gasteiger partial charge in [0.25, 0.3) is 0 Å². The van der Waals surface area contributed by atoms with Crippen LogP contribution in [0.1, 0.15) is 43.5 Å². The molecular formula is C27H27N3O. The lowest BCUT2D eigenvalue weighted by Gasteiger charge is -2.18. The second-order valence-corrected chi connectivity index (χ2v) is 8.66. The fraction of sp³-hybridized carbons (Fsp3) is 0.185. The third-order valence-corrected chi connectivity index (χ3v) is 5.26. The number of rotatable bonds is 5. The normalized spacial score (nSPS) is 11.5. The summed E-state index contributed by atoms with van der Waals surface area (Å²) < 4.78 is 1.81. The number of anilines is 1. The summed E-state index contributed by atoms with van der Waals surface area (Å²) in [5.74, 6) is 0.160. The average Bonchev–Trinajstić information content (AvgIpc) is 3.20. The summed E-state index contributed by atoms with van der Waals surface area (Å²) in [7, 11) is 0. The van der Waals surface area contributed by atoms with Crippen LogP contribution >= 0.6 is 0 Å². The van der Waals surface area contributed by atoms with Gasteiger partial charge in [0.05, 0.1) is 17.3 Å². The molecule has 4 aromatic rings. The minimum atomic E-state index is -0.417. The van der Waals surface area contributed by atoms with Crippen LogP contribution in [0.15, 0.2) is 97.1 Å². The van der Waals surface area contributed by atoms with Gasteiger partial charge in [0.2, 0.25) is 5.91 Å². The number of amides is 1. The van der Waals surface area contributed by atoms with Gasteiger partial charge >= 0.3 is 0 Å². The first-order chi connectivity index (χ1) is 14.9. The highest BCUT2D eigenvalue weighted by Gasteiger charge is 2.26. The van der Waals surface area contributed by atoms with Gasteiger partial charge in [-0.2, -0.15) is 5.10 Å². The van der Waals surface area contributed by atoms with Crippen LogP contribution in [0.4, 0.5) is 5.82 Å². The van der Waals surface area contributed by atoms with E-state index in [2.05, 4.69) is 26.1 Å². The lowest BCUT2D eigenvalue weighted by Crippen LogP contribution is -2.23. The highest BCUT2D eigenvalue weighted by molar-refractivity contribution is 5.97. The summed E-state index contributed by atoms with van der Waals surface area (Å²) in [6.45, 7) is 6.35. The number of benzene rings is 3. The van der Waals surface area contributed by atoms with Crippen LogP contribution < -0.4 is 5.32 Å². The van der Waals surface area contributed by atoms with Crippen molar-refractivity contribution in [2.24, 2.45) is 0 Å². The second kappa shape index (κ2) is 8.60. The van der Waals surface area contributed by atoms with Gasteiger partial charge in [0.1, 0.15) is 5.82 Å². The quantitative estimate of drug-likeness (QED) is 0.443. The van der Waals surface area contributed by atoms with Crippen molar-refractivity contribution in [2.45, 2.75) is 32.1 Å². The molecule has 0 spiro atoms. The Morgan fingerprint density at radius 2 is 1.29 bits per heavy atom. The molecule has 0 saturated heterocycles. The standard InChI is InChI=1S/C27H27N3O/c1-27(2,3)23-19-24(30(29-23)22-17-11-6-12-18-22)28-26(31)25(20-13-7-4-8-14-20)21-15-9-5-10-16-21/h4-19,25H,1-3H3,(H,28,31). The van der Waals surface area contributed by atoms with Crippen molar-refractivity contribution in [2.75, 3.05) is 5.32 Å². The number of nitrogens with zero attached hydrogens (tertiary/aromatic N) is 2. The summed E-state index contributed by atoms with van der Waals surface area (Å²) in [5.41, 5.74) is 3.59. The molecule has 4 rings (SSSR count). The third-order valence-electron chi connectivity index (χ3n) is 5.26. The van der Waals surface area contributed by atoms with Crippen molar-refractivity contribution in [3.63, 3.8) is 0 Å². The summed E-state index contributed by atoms with van der Waals surface area (Å²) >= 11 is 0. The molecule has 1 aromatic heterocycles. The summed E-state index contributed by atoms with van der Waals surface area (Å²) in [4.78, 5) is 13.6. The van der Waals surface area contributed by atoms with Crippen LogP contribution in [0.5, 0.6) is 0 Å². The first kappa shape index (κ1) is 20.6. The smallest absolute Gasteiger partial charge is 0.237 e. The van der Waals surface area contributed by atoms with Gasteiger partial charge in [-0.25, -0.2) is 4.68 Å². The molecule has 4 nitrogen and oxygen atoms in total. The minimum absolute atomic E-state index is 0.0880. The number of carbonyl (C=O) groups excluding carboxylic acids is 1. The number of aromatic nitrogens is 2. The van der Waals surface area contributed by atoms with Gasteiger partial charge in [-0.15, -0.1) is 0 Å². The van der Waals surface area contributed by atoms with Crippen molar-refractivity contribution in [3.05, 3.63) is 114 Å². The Kier molecular flexibility index (Phi) is 5.72. The minimum Gasteiger partial charge on any atom is -0.310 e. The molecule has 31 heavy (non-hydrogen) atoms. The zero-order valence-electron chi connectivity index (χ0n) is 18.1. The molecule has 0 radical (unpaired) electrons. The Morgan fingerprint density at radius 1 is 0.806 bits per heavy atom. The highest BCUT2D eigenvalue weighted by atomic mass is 16.2. The van der Waals surface area contributed by atoms with E-state index in [-0.39, 0.29) is 11.3 Å². The number of hydrogen-bond donors (Lipinski definition) is 1. The van der Waals surface area contributed by atoms with E-state index in [0.29, 0.717) is 5.82 Å². The fourth-order valence-electron chi connectivity index (χ4n) is 3.59. The number of carbonyl (C=O) groups is 1. The van der Waals surface area contributed by atoms with Crippen molar-refractivity contribution >= 4 is 11.7 Å². The summed E-state index contributed by atoms with van der Waals surface area (Å²) in [6, 6.07) is 31.6. The van der Waals surface area contributed by atoms with E-state index in [4.69, 9.17) is 5.10 Å². The fourth-order valence-corrected chi connectivity index (χ4v) is 3.59. The van der Waals surface area contributed by atoms with Crippen LogP contribution in [0.25, 0.3) is 5.69 Å². The zero-order valence-corrected chi connectivity index (χ0v) is 18.1. The Labute approximate surface area is 183 Å². The van der Waals surface area contributed by atoms with Crippen molar-refractivity contribution < 1.29 is 4.79 Å². The molecule has 0 aliphatic heterocycles. The number of para-hydroxylation sites is 1. The first-order valence-corrected chi connectivity index (χ1v) is 10.5. The van der Waals surface area contributed by atoms with Gasteiger partial charge in [0.15, 0.2) is 0 Å². The maximum atomic E-state index is 13.6. The van der Waals surface area contributed by atoms with E-state index < -0.39 is 5.92 Å². The largest absolute Gasteiger partial charge is 0.310 e. The molecule has 0 aliphatic rings. The van der Waals surface area contributed by atoms with Crippen LogP contribution in [0, 0.1) is 0 Å². The Hall–Kier alpha value is -3.66. The second-order valence-electron chi connectivity index (χ2n) is 8.66.